The van der Waals surface area contributed by atoms with Gasteiger partial charge >= 0.3 is 0 Å². The van der Waals surface area contributed by atoms with Crippen LogP contribution in [0.15, 0.2) is 48.7 Å². The van der Waals surface area contributed by atoms with E-state index in [4.69, 9.17) is 0 Å². The zero-order valence-electron chi connectivity index (χ0n) is 16.2. The molecule has 0 bridgehead atoms. The van der Waals surface area contributed by atoms with Crippen LogP contribution in [0.4, 0.5) is 0 Å². The zero-order chi connectivity index (χ0) is 19.7. The lowest BCUT2D eigenvalue weighted by Gasteiger charge is -2.36. The highest BCUT2D eigenvalue weighted by molar-refractivity contribution is 5.81. The van der Waals surface area contributed by atoms with Crippen LogP contribution in [-0.4, -0.2) is 33.0 Å². The van der Waals surface area contributed by atoms with Crippen molar-refractivity contribution in [2.24, 2.45) is 7.05 Å². The van der Waals surface area contributed by atoms with Gasteiger partial charge in [-0.25, -0.2) is 0 Å². The van der Waals surface area contributed by atoms with Crippen molar-refractivity contribution in [2.75, 3.05) is 6.54 Å². The molecule has 1 N–H and O–H groups in total. The SMILES string of the molecule is CC(=O)N1CCc2ccccc2C1CC(=O)NCc1ccc2cnn(C)c2c1. The van der Waals surface area contributed by atoms with Crippen LogP contribution < -0.4 is 5.32 Å². The molecule has 0 spiro atoms. The van der Waals surface area contributed by atoms with Crippen LogP contribution in [-0.2, 0) is 29.6 Å². The van der Waals surface area contributed by atoms with Gasteiger partial charge in [0, 0.05) is 32.4 Å². The number of nitrogens with one attached hydrogen (secondary N) is 1. The van der Waals surface area contributed by atoms with Crippen LogP contribution in [0.3, 0.4) is 0 Å². The lowest BCUT2D eigenvalue weighted by atomic mass is 9.90. The first-order valence-corrected chi connectivity index (χ1v) is 9.55. The van der Waals surface area contributed by atoms with Gasteiger partial charge in [-0.05, 0) is 29.2 Å². The molecule has 1 aliphatic heterocycles. The summed E-state index contributed by atoms with van der Waals surface area (Å²) in [7, 11) is 1.90. The van der Waals surface area contributed by atoms with E-state index in [2.05, 4.69) is 16.5 Å². The van der Waals surface area contributed by atoms with Gasteiger partial charge in [-0.1, -0.05) is 36.4 Å². The van der Waals surface area contributed by atoms with E-state index >= 15 is 0 Å². The molecule has 1 atom stereocenters. The molecule has 0 saturated carbocycles. The third-order valence-corrected chi connectivity index (χ3v) is 5.50. The van der Waals surface area contributed by atoms with E-state index in [1.807, 2.05) is 59.2 Å². The van der Waals surface area contributed by atoms with Crippen molar-refractivity contribution < 1.29 is 9.59 Å². The highest BCUT2D eigenvalue weighted by Gasteiger charge is 2.30. The number of nitrogens with zero attached hydrogens (tertiary/aromatic N) is 3. The molecule has 6 nitrogen and oxygen atoms in total. The van der Waals surface area contributed by atoms with Crippen LogP contribution >= 0.6 is 0 Å². The third-order valence-electron chi connectivity index (χ3n) is 5.50. The Kier molecular flexibility index (Phi) is 4.86. The third kappa shape index (κ3) is 3.50. The number of aryl methyl sites for hydroxylation is 1. The second-order valence-corrected chi connectivity index (χ2v) is 7.32. The van der Waals surface area contributed by atoms with Gasteiger partial charge in [0.1, 0.15) is 0 Å². The summed E-state index contributed by atoms with van der Waals surface area (Å²) in [6.07, 6.45) is 2.93. The van der Waals surface area contributed by atoms with Gasteiger partial charge in [0.05, 0.1) is 24.2 Å². The van der Waals surface area contributed by atoms with E-state index in [9.17, 15) is 9.59 Å². The first-order valence-electron chi connectivity index (χ1n) is 9.55. The number of carbonyl (C=O) groups excluding carboxylic acids is 2. The quantitative estimate of drug-likeness (QED) is 0.761. The van der Waals surface area contributed by atoms with Gasteiger partial charge in [0.15, 0.2) is 0 Å². The molecule has 1 aliphatic rings. The number of benzene rings is 2. The lowest BCUT2D eigenvalue weighted by Crippen LogP contribution is -2.41. The first-order chi connectivity index (χ1) is 13.5. The molecule has 0 saturated heterocycles. The molecule has 0 radical (unpaired) electrons. The maximum Gasteiger partial charge on any atom is 0.222 e. The summed E-state index contributed by atoms with van der Waals surface area (Å²) in [6, 6.07) is 13.9. The summed E-state index contributed by atoms with van der Waals surface area (Å²) in [6.45, 7) is 2.68. The molecule has 144 valence electrons. The number of rotatable bonds is 4. The van der Waals surface area contributed by atoms with Crippen LogP contribution in [0.5, 0.6) is 0 Å². The number of hydrogen-bond acceptors (Lipinski definition) is 3. The average molecular weight is 376 g/mol. The molecular weight excluding hydrogens is 352 g/mol. The Morgan fingerprint density at radius 1 is 1.21 bits per heavy atom. The van der Waals surface area contributed by atoms with E-state index in [1.54, 1.807) is 6.92 Å². The standard InChI is InChI=1S/C22H24N4O2/c1-15(27)26-10-9-17-5-3-4-6-19(17)21(26)12-22(28)23-13-16-7-8-18-14-24-25(2)20(18)11-16/h3-8,11,14,21H,9-10,12-13H2,1-2H3,(H,23,28). The fourth-order valence-electron chi connectivity index (χ4n) is 4.00. The summed E-state index contributed by atoms with van der Waals surface area (Å²) in [5, 5.41) is 8.33. The van der Waals surface area contributed by atoms with Crippen molar-refractivity contribution in [1.82, 2.24) is 20.0 Å². The second kappa shape index (κ2) is 7.46. The maximum atomic E-state index is 12.7. The van der Waals surface area contributed by atoms with Crippen LogP contribution in [0.2, 0.25) is 0 Å². The smallest absolute Gasteiger partial charge is 0.222 e. The second-order valence-electron chi connectivity index (χ2n) is 7.32. The fourth-order valence-corrected chi connectivity index (χ4v) is 4.00. The Labute approximate surface area is 164 Å². The number of amides is 2. The zero-order valence-corrected chi connectivity index (χ0v) is 16.2. The van der Waals surface area contributed by atoms with Gasteiger partial charge < -0.3 is 10.2 Å². The van der Waals surface area contributed by atoms with E-state index in [0.29, 0.717) is 13.1 Å². The molecule has 0 fully saturated rings. The number of fused-ring (bicyclic) bond motifs is 2. The van der Waals surface area contributed by atoms with E-state index in [1.165, 1.54) is 5.56 Å². The van der Waals surface area contributed by atoms with Crippen molar-refractivity contribution in [3.63, 3.8) is 0 Å². The van der Waals surface area contributed by atoms with Gasteiger partial charge in [-0.15, -0.1) is 0 Å². The molecule has 3 aromatic rings. The van der Waals surface area contributed by atoms with Gasteiger partial charge in [-0.3, -0.25) is 14.3 Å². The Morgan fingerprint density at radius 2 is 2.04 bits per heavy atom. The van der Waals surface area contributed by atoms with Crippen molar-refractivity contribution in [2.45, 2.75) is 32.4 Å². The Bertz CT molecular complexity index is 1040. The summed E-state index contributed by atoms with van der Waals surface area (Å²) in [5.74, 6) is -0.0491. The summed E-state index contributed by atoms with van der Waals surface area (Å²) in [5.41, 5.74) is 4.36. The van der Waals surface area contributed by atoms with Crippen molar-refractivity contribution in [3.05, 3.63) is 65.4 Å². The summed E-state index contributed by atoms with van der Waals surface area (Å²) >= 11 is 0. The van der Waals surface area contributed by atoms with Gasteiger partial charge in [0.25, 0.3) is 0 Å². The van der Waals surface area contributed by atoms with Crippen molar-refractivity contribution in [3.8, 4) is 0 Å². The van der Waals surface area contributed by atoms with E-state index in [0.717, 1.165) is 28.5 Å². The minimum atomic E-state index is -0.206. The Morgan fingerprint density at radius 3 is 2.86 bits per heavy atom. The Hall–Kier alpha value is -3.15. The predicted molar refractivity (Wildman–Crippen MR) is 107 cm³/mol. The molecular formula is C22H24N4O2. The summed E-state index contributed by atoms with van der Waals surface area (Å²) in [4.78, 5) is 26.6. The highest BCUT2D eigenvalue weighted by Crippen LogP contribution is 2.32. The molecule has 6 heteroatoms. The minimum absolute atomic E-state index is 0.00830. The largest absolute Gasteiger partial charge is 0.352 e. The molecule has 0 aliphatic carbocycles. The average Bonchev–Trinajstić information content (AvgIpc) is 3.07. The number of hydrogen-bond donors (Lipinski definition) is 1. The predicted octanol–water partition coefficient (Wildman–Crippen LogP) is 2.73. The molecule has 2 aromatic carbocycles. The first kappa shape index (κ1) is 18.2. The summed E-state index contributed by atoms with van der Waals surface area (Å²) < 4.78 is 1.82. The topological polar surface area (TPSA) is 67.2 Å². The van der Waals surface area contributed by atoms with Gasteiger partial charge in [-0.2, -0.15) is 5.10 Å². The number of aromatic nitrogens is 2. The molecule has 1 unspecified atom stereocenters. The van der Waals surface area contributed by atoms with Crippen LogP contribution in [0, 0.1) is 0 Å². The van der Waals surface area contributed by atoms with E-state index in [-0.39, 0.29) is 24.3 Å². The monoisotopic (exact) mass is 376 g/mol. The fraction of sp³-hybridized carbons (Fsp3) is 0.318. The number of carbonyl (C=O) groups is 2. The highest BCUT2D eigenvalue weighted by atomic mass is 16.2. The van der Waals surface area contributed by atoms with Crippen LogP contribution in [0.1, 0.15) is 36.1 Å². The maximum absolute atomic E-state index is 12.7. The molecule has 1 aromatic heterocycles. The Balaban J connectivity index is 1.47. The molecule has 4 rings (SSSR count). The van der Waals surface area contributed by atoms with Gasteiger partial charge in [0.2, 0.25) is 11.8 Å². The molecule has 2 heterocycles. The van der Waals surface area contributed by atoms with E-state index < -0.39 is 0 Å². The van der Waals surface area contributed by atoms with Crippen molar-refractivity contribution in [1.29, 1.82) is 0 Å². The molecule has 28 heavy (non-hydrogen) atoms. The van der Waals surface area contributed by atoms with Crippen molar-refractivity contribution >= 4 is 22.7 Å². The minimum Gasteiger partial charge on any atom is -0.352 e. The normalized spacial score (nSPS) is 16.1. The van der Waals surface area contributed by atoms with Crippen LogP contribution in [0.25, 0.3) is 10.9 Å². The lowest BCUT2D eigenvalue weighted by molar-refractivity contribution is -0.133. The molecule has 2 amide bonds.